The monoisotopic (exact) mass is 531 g/mol. The standard InChI is InChI=1S/C24H16F3N3O4S2/c1-28-21(31)19-13-18(10-11-29-19)33-16-8-4-15(5-9-16)30-22(32)20(36-23(30)35)12-14-2-6-17(7-3-14)34-24(25,26)27/h2-13H,1H3,(H,28,31)/b20-12-. The Bertz CT molecular complexity index is 1340. The van der Waals surface area contributed by atoms with Crippen LogP contribution in [0.25, 0.3) is 6.08 Å². The quantitative estimate of drug-likeness (QED) is 0.331. The van der Waals surface area contributed by atoms with Crippen LogP contribution >= 0.6 is 24.0 Å². The maximum absolute atomic E-state index is 13.0. The highest BCUT2D eigenvalue weighted by Crippen LogP contribution is 2.37. The maximum Gasteiger partial charge on any atom is 0.573 e. The average molecular weight is 532 g/mol. The van der Waals surface area contributed by atoms with Gasteiger partial charge in [-0.2, -0.15) is 0 Å². The van der Waals surface area contributed by atoms with E-state index in [0.29, 0.717) is 32.0 Å². The third-order valence-corrected chi connectivity index (χ3v) is 6.03. The van der Waals surface area contributed by atoms with Crippen LogP contribution in [0, 0.1) is 0 Å². The molecule has 0 radical (unpaired) electrons. The molecule has 2 heterocycles. The van der Waals surface area contributed by atoms with Gasteiger partial charge in [-0.05, 0) is 54.1 Å². The van der Waals surface area contributed by atoms with Crippen molar-refractivity contribution in [1.82, 2.24) is 10.3 Å². The first kappa shape index (κ1) is 25.2. The number of anilines is 1. The van der Waals surface area contributed by atoms with E-state index in [1.165, 1.54) is 48.5 Å². The first-order chi connectivity index (χ1) is 17.1. The molecule has 0 unspecified atom stereocenters. The molecule has 36 heavy (non-hydrogen) atoms. The zero-order valence-corrected chi connectivity index (χ0v) is 20.0. The fraction of sp³-hybridized carbons (Fsp3) is 0.0833. The third kappa shape index (κ3) is 6.01. The second-order valence-corrected chi connectivity index (χ2v) is 8.86. The summed E-state index contributed by atoms with van der Waals surface area (Å²) in [7, 11) is 1.50. The summed E-state index contributed by atoms with van der Waals surface area (Å²) >= 11 is 6.45. The molecule has 1 N–H and O–H groups in total. The molecular weight excluding hydrogens is 515 g/mol. The van der Waals surface area contributed by atoms with Gasteiger partial charge in [-0.3, -0.25) is 19.5 Å². The van der Waals surface area contributed by atoms with Crippen LogP contribution in [-0.4, -0.2) is 34.5 Å². The largest absolute Gasteiger partial charge is 0.573 e. The number of rotatable bonds is 6. The van der Waals surface area contributed by atoms with Crippen molar-refractivity contribution in [3.63, 3.8) is 0 Å². The van der Waals surface area contributed by atoms with E-state index in [0.717, 1.165) is 11.8 Å². The molecule has 1 aliphatic rings. The number of nitrogens with one attached hydrogen (secondary N) is 1. The summed E-state index contributed by atoms with van der Waals surface area (Å²) in [6, 6.07) is 14.9. The highest BCUT2D eigenvalue weighted by Gasteiger charge is 2.33. The van der Waals surface area contributed by atoms with E-state index in [2.05, 4.69) is 15.0 Å². The van der Waals surface area contributed by atoms with Gasteiger partial charge in [-0.15, -0.1) is 13.2 Å². The number of hydrogen-bond donors (Lipinski definition) is 1. The Balaban J connectivity index is 1.46. The number of pyridine rings is 1. The van der Waals surface area contributed by atoms with E-state index in [9.17, 15) is 22.8 Å². The summed E-state index contributed by atoms with van der Waals surface area (Å²) in [4.78, 5) is 30.4. The fourth-order valence-electron chi connectivity index (χ4n) is 3.13. The van der Waals surface area contributed by atoms with Crippen molar-refractivity contribution < 1.29 is 32.2 Å². The first-order valence-electron chi connectivity index (χ1n) is 10.2. The molecule has 2 aromatic carbocycles. The molecule has 0 aliphatic carbocycles. The van der Waals surface area contributed by atoms with E-state index in [4.69, 9.17) is 17.0 Å². The molecule has 1 aromatic heterocycles. The molecule has 184 valence electrons. The normalized spacial score (nSPS) is 14.8. The SMILES string of the molecule is CNC(=O)c1cc(Oc2ccc(N3C(=O)/C(=C/c4ccc(OC(F)(F)F)cc4)SC3=S)cc2)ccn1. The van der Waals surface area contributed by atoms with Crippen molar-refractivity contribution >= 4 is 51.9 Å². The van der Waals surface area contributed by atoms with Crippen LogP contribution in [0.5, 0.6) is 17.2 Å². The van der Waals surface area contributed by atoms with E-state index in [1.807, 2.05) is 0 Å². The number of aromatic nitrogens is 1. The van der Waals surface area contributed by atoms with Gasteiger partial charge in [-0.25, -0.2) is 0 Å². The minimum atomic E-state index is -4.78. The number of benzene rings is 2. The fourth-order valence-corrected chi connectivity index (χ4v) is 4.43. The Hall–Kier alpha value is -3.90. The van der Waals surface area contributed by atoms with Crippen molar-refractivity contribution in [1.29, 1.82) is 0 Å². The molecule has 2 amide bonds. The number of thioether (sulfide) groups is 1. The minimum absolute atomic E-state index is 0.207. The van der Waals surface area contributed by atoms with Crippen molar-refractivity contribution in [2.45, 2.75) is 6.36 Å². The van der Waals surface area contributed by atoms with Crippen LogP contribution < -0.4 is 19.7 Å². The van der Waals surface area contributed by atoms with Gasteiger partial charge in [0, 0.05) is 19.3 Å². The van der Waals surface area contributed by atoms with Crippen LogP contribution in [-0.2, 0) is 4.79 Å². The number of hydrogen-bond acceptors (Lipinski definition) is 7. The van der Waals surface area contributed by atoms with Crippen LogP contribution in [0.15, 0.2) is 71.8 Å². The summed E-state index contributed by atoms with van der Waals surface area (Å²) in [5, 5.41) is 2.49. The number of ether oxygens (including phenoxy) is 2. The summed E-state index contributed by atoms with van der Waals surface area (Å²) < 4.78 is 46.9. The van der Waals surface area contributed by atoms with Crippen LogP contribution in [0.4, 0.5) is 18.9 Å². The van der Waals surface area contributed by atoms with Crippen molar-refractivity contribution in [3.8, 4) is 17.2 Å². The lowest BCUT2D eigenvalue weighted by Gasteiger charge is -2.15. The Morgan fingerprint density at radius 3 is 2.36 bits per heavy atom. The maximum atomic E-state index is 13.0. The summed E-state index contributed by atoms with van der Waals surface area (Å²) in [5.74, 6) is -0.180. The molecule has 0 spiro atoms. The third-order valence-electron chi connectivity index (χ3n) is 4.73. The van der Waals surface area contributed by atoms with Gasteiger partial charge in [-0.1, -0.05) is 36.1 Å². The van der Waals surface area contributed by atoms with Crippen LogP contribution in [0.3, 0.4) is 0 Å². The molecule has 4 rings (SSSR count). The molecule has 1 saturated heterocycles. The molecule has 1 aliphatic heterocycles. The number of alkyl halides is 3. The Kier molecular flexibility index (Phi) is 7.27. The van der Waals surface area contributed by atoms with E-state index in [-0.39, 0.29) is 23.3 Å². The van der Waals surface area contributed by atoms with Gasteiger partial charge in [0.05, 0.1) is 10.6 Å². The van der Waals surface area contributed by atoms with Crippen molar-refractivity contribution in [3.05, 3.63) is 83.0 Å². The average Bonchev–Trinajstić information content (AvgIpc) is 3.12. The number of amides is 2. The lowest BCUT2D eigenvalue weighted by atomic mass is 10.2. The second-order valence-electron chi connectivity index (χ2n) is 7.19. The van der Waals surface area contributed by atoms with Gasteiger partial charge in [0.25, 0.3) is 11.8 Å². The van der Waals surface area contributed by atoms with E-state index >= 15 is 0 Å². The molecular formula is C24H16F3N3O4S2. The lowest BCUT2D eigenvalue weighted by molar-refractivity contribution is -0.274. The summed E-state index contributed by atoms with van der Waals surface area (Å²) in [6.07, 6.45) is -1.78. The van der Waals surface area contributed by atoms with Gasteiger partial charge in [0.1, 0.15) is 22.9 Å². The van der Waals surface area contributed by atoms with Gasteiger partial charge in [0.2, 0.25) is 0 Å². The number of halogens is 3. The molecule has 0 saturated carbocycles. The van der Waals surface area contributed by atoms with Crippen molar-refractivity contribution in [2.75, 3.05) is 11.9 Å². The molecule has 7 nitrogen and oxygen atoms in total. The Morgan fingerprint density at radius 2 is 1.72 bits per heavy atom. The molecule has 12 heteroatoms. The number of thiocarbonyl (C=S) groups is 1. The predicted octanol–water partition coefficient (Wildman–Crippen LogP) is 5.54. The summed E-state index contributed by atoms with van der Waals surface area (Å²) in [6.45, 7) is 0. The molecule has 1 fully saturated rings. The number of carbonyl (C=O) groups is 2. The van der Waals surface area contributed by atoms with Crippen LogP contribution in [0.1, 0.15) is 16.1 Å². The van der Waals surface area contributed by atoms with Gasteiger partial charge < -0.3 is 14.8 Å². The predicted molar refractivity (Wildman–Crippen MR) is 133 cm³/mol. The minimum Gasteiger partial charge on any atom is -0.457 e. The molecule has 3 aromatic rings. The smallest absolute Gasteiger partial charge is 0.457 e. The van der Waals surface area contributed by atoms with Gasteiger partial charge in [0.15, 0.2) is 4.32 Å². The number of nitrogens with zero attached hydrogens (tertiary/aromatic N) is 2. The Labute approximate surface area is 212 Å². The zero-order valence-electron chi connectivity index (χ0n) is 18.4. The Morgan fingerprint density at radius 1 is 1.06 bits per heavy atom. The van der Waals surface area contributed by atoms with Crippen LogP contribution in [0.2, 0.25) is 0 Å². The highest BCUT2D eigenvalue weighted by atomic mass is 32.2. The number of carbonyl (C=O) groups excluding carboxylic acids is 2. The second kappa shape index (κ2) is 10.4. The lowest BCUT2D eigenvalue weighted by Crippen LogP contribution is -2.27. The van der Waals surface area contributed by atoms with Crippen molar-refractivity contribution in [2.24, 2.45) is 0 Å². The molecule has 0 atom stereocenters. The topological polar surface area (TPSA) is 80.8 Å². The highest BCUT2D eigenvalue weighted by molar-refractivity contribution is 8.27. The first-order valence-corrected chi connectivity index (χ1v) is 11.5. The molecule has 0 bridgehead atoms. The zero-order chi connectivity index (χ0) is 25.9. The summed E-state index contributed by atoms with van der Waals surface area (Å²) in [5.41, 5.74) is 1.24. The van der Waals surface area contributed by atoms with Gasteiger partial charge >= 0.3 is 6.36 Å². The van der Waals surface area contributed by atoms with E-state index < -0.39 is 6.36 Å². The van der Waals surface area contributed by atoms with E-state index in [1.54, 1.807) is 36.4 Å².